The second-order valence-corrected chi connectivity index (χ2v) is 5.64. The fraction of sp³-hybridized carbons (Fsp3) is 0.167. The minimum absolute atomic E-state index is 0.0679. The number of carbonyl (C=O) groups excluding carboxylic acids is 1. The van der Waals surface area contributed by atoms with Gasteiger partial charge in [0.2, 0.25) is 5.91 Å². The van der Waals surface area contributed by atoms with Gasteiger partial charge in [-0.1, -0.05) is 18.2 Å². The number of likely N-dealkylation sites (N-methyl/N-ethyl adjacent to an activating group) is 1. The molecule has 5 nitrogen and oxygen atoms in total. The minimum atomic E-state index is -0.0679. The third-order valence-corrected chi connectivity index (χ3v) is 3.76. The molecule has 0 aliphatic rings. The van der Waals surface area contributed by atoms with Crippen LogP contribution in [-0.4, -0.2) is 25.3 Å². The number of thiol groups is 1. The SMILES string of the molecule is C/C(=N\c1ccc(C#N)cc1S)NCC(=O)N(C)c1ccccc1. The number of aliphatic imine (C=N–C) groups is 1. The molecule has 0 aromatic heterocycles. The number of hydrogen-bond acceptors (Lipinski definition) is 4. The van der Waals surface area contributed by atoms with Crippen LogP contribution in [0.15, 0.2) is 58.4 Å². The van der Waals surface area contributed by atoms with Gasteiger partial charge in [0, 0.05) is 17.6 Å². The van der Waals surface area contributed by atoms with Gasteiger partial charge in [-0.2, -0.15) is 5.26 Å². The summed E-state index contributed by atoms with van der Waals surface area (Å²) in [7, 11) is 1.73. The first-order chi connectivity index (χ1) is 11.5. The summed E-state index contributed by atoms with van der Waals surface area (Å²) >= 11 is 4.32. The zero-order valence-electron chi connectivity index (χ0n) is 13.5. The van der Waals surface area contributed by atoms with E-state index in [1.807, 2.05) is 30.3 Å². The zero-order chi connectivity index (χ0) is 17.5. The Morgan fingerprint density at radius 2 is 2.00 bits per heavy atom. The molecule has 1 N–H and O–H groups in total. The number of nitrogens with zero attached hydrogens (tertiary/aromatic N) is 3. The predicted octanol–water partition coefficient (Wildman–Crippen LogP) is 3.15. The number of benzene rings is 2. The maximum absolute atomic E-state index is 12.2. The summed E-state index contributed by atoms with van der Waals surface area (Å²) in [6, 6.07) is 16.6. The maximum Gasteiger partial charge on any atom is 0.246 e. The van der Waals surface area contributed by atoms with Crippen molar-refractivity contribution in [1.29, 1.82) is 5.26 Å². The molecule has 0 bridgehead atoms. The fourth-order valence-corrected chi connectivity index (χ4v) is 2.29. The lowest BCUT2D eigenvalue weighted by molar-refractivity contribution is -0.117. The standard InChI is InChI=1S/C18H18N4OS/c1-13(21-16-9-8-14(11-19)10-17(16)24)20-12-18(23)22(2)15-6-4-3-5-7-15/h3-10,24H,12H2,1-2H3,(H,20,21). The Hall–Kier alpha value is -2.78. The molecule has 2 aromatic rings. The lowest BCUT2D eigenvalue weighted by atomic mass is 10.2. The number of anilines is 1. The van der Waals surface area contributed by atoms with Gasteiger partial charge >= 0.3 is 0 Å². The number of nitrogens with one attached hydrogen (secondary N) is 1. The van der Waals surface area contributed by atoms with Gasteiger partial charge in [0.25, 0.3) is 0 Å². The lowest BCUT2D eigenvalue weighted by Crippen LogP contribution is -2.37. The molecule has 6 heteroatoms. The highest BCUT2D eigenvalue weighted by molar-refractivity contribution is 7.80. The van der Waals surface area contributed by atoms with Crippen molar-refractivity contribution >= 4 is 35.7 Å². The zero-order valence-corrected chi connectivity index (χ0v) is 14.4. The molecule has 0 aliphatic heterocycles. The van der Waals surface area contributed by atoms with Crippen molar-refractivity contribution in [3.8, 4) is 6.07 Å². The molecule has 0 fully saturated rings. The Balaban J connectivity index is 1.98. The molecule has 1 amide bonds. The number of carbonyl (C=O) groups is 1. The van der Waals surface area contributed by atoms with Crippen LogP contribution in [0.4, 0.5) is 11.4 Å². The van der Waals surface area contributed by atoms with Crippen LogP contribution in [0, 0.1) is 11.3 Å². The predicted molar refractivity (Wildman–Crippen MR) is 99.0 cm³/mol. The van der Waals surface area contributed by atoms with E-state index in [1.165, 1.54) is 0 Å². The summed E-state index contributed by atoms with van der Waals surface area (Å²) in [6.45, 7) is 1.92. The first-order valence-electron chi connectivity index (χ1n) is 7.35. The highest BCUT2D eigenvalue weighted by Crippen LogP contribution is 2.24. The van der Waals surface area contributed by atoms with Gasteiger partial charge in [-0.05, 0) is 37.3 Å². The van der Waals surface area contributed by atoms with E-state index in [4.69, 9.17) is 5.26 Å². The first-order valence-corrected chi connectivity index (χ1v) is 7.80. The van der Waals surface area contributed by atoms with Gasteiger partial charge in [-0.25, -0.2) is 4.99 Å². The van der Waals surface area contributed by atoms with E-state index in [0.29, 0.717) is 22.0 Å². The van der Waals surface area contributed by atoms with Crippen molar-refractivity contribution in [2.45, 2.75) is 11.8 Å². The third kappa shape index (κ3) is 4.61. The van der Waals surface area contributed by atoms with E-state index >= 15 is 0 Å². The van der Waals surface area contributed by atoms with Gasteiger partial charge in [0.15, 0.2) is 0 Å². The molecule has 2 aromatic carbocycles. The van der Waals surface area contributed by atoms with Crippen molar-refractivity contribution in [3.63, 3.8) is 0 Å². The van der Waals surface area contributed by atoms with Crippen LogP contribution in [0.25, 0.3) is 0 Å². The van der Waals surface area contributed by atoms with Crippen molar-refractivity contribution in [2.24, 2.45) is 4.99 Å². The van der Waals surface area contributed by atoms with Crippen LogP contribution in [0.5, 0.6) is 0 Å². The summed E-state index contributed by atoms with van der Waals surface area (Å²) in [5.74, 6) is 0.534. The molecule has 0 spiro atoms. The normalized spacial score (nSPS) is 10.8. The molecular weight excluding hydrogens is 320 g/mol. The Morgan fingerprint density at radius 3 is 2.62 bits per heavy atom. The van der Waals surface area contributed by atoms with E-state index < -0.39 is 0 Å². The third-order valence-electron chi connectivity index (χ3n) is 3.41. The van der Waals surface area contributed by atoms with E-state index in [-0.39, 0.29) is 12.5 Å². The average molecular weight is 338 g/mol. The van der Waals surface area contributed by atoms with Crippen LogP contribution < -0.4 is 10.2 Å². The Labute approximate surface area is 147 Å². The monoisotopic (exact) mass is 338 g/mol. The number of nitriles is 1. The van der Waals surface area contributed by atoms with Gasteiger partial charge in [-0.15, -0.1) is 12.6 Å². The molecule has 0 radical (unpaired) electrons. The number of rotatable bonds is 4. The smallest absolute Gasteiger partial charge is 0.246 e. The molecule has 24 heavy (non-hydrogen) atoms. The molecular formula is C18H18N4OS. The van der Waals surface area contributed by atoms with Crippen LogP contribution in [0.3, 0.4) is 0 Å². The van der Waals surface area contributed by atoms with Crippen LogP contribution in [0.2, 0.25) is 0 Å². The van der Waals surface area contributed by atoms with Gasteiger partial charge in [-0.3, -0.25) is 4.79 Å². The second kappa shape index (κ2) is 8.18. The Morgan fingerprint density at radius 1 is 1.29 bits per heavy atom. The Bertz CT molecular complexity index is 796. The molecule has 0 atom stereocenters. The second-order valence-electron chi connectivity index (χ2n) is 5.15. The minimum Gasteiger partial charge on any atom is -0.365 e. The highest BCUT2D eigenvalue weighted by Gasteiger charge is 2.10. The summed E-state index contributed by atoms with van der Waals surface area (Å²) in [5.41, 5.74) is 2.01. The van der Waals surface area contributed by atoms with Crippen molar-refractivity contribution < 1.29 is 4.79 Å². The average Bonchev–Trinajstić information content (AvgIpc) is 2.61. The van der Waals surface area contributed by atoms with Crippen molar-refractivity contribution in [1.82, 2.24) is 5.32 Å². The largest absolute Gasteiger partial charge is 0.365 e. The number of amidine groups is 1. The summed E-state index contributed by atoms with van der Waals surface area (Å²) in [5, 5.41) is 11.8. The maximum atomic E-state index is 12.2. The van der Waals surface area contributed by atoms with E-state index in [9.17, 15) is 4.79 Å². The van der Waals surface area contributed by atoms with Gasteiger partial charge in [0.05, 0.1) is 29.7 Å². The van der Waals surface area contributed by atoms with E-state index in [1.54, 1.807) is 37.1 Å². The van der Waals surface area contributed by atoms with Crippen LogP contribution in [0.1, 0.15) is 12.5 Å². The number of para-hydroxylation sites is 1. The number of hydrogen-bond donors (Lipinski definition) is 2. The van der Waals surface area contributed by atoms with Gasteiger partial charge < -0.3 is 10.2 Å². The van der Waals surface area contributed by atoms with Crippen molar-refractivity contribution in [2.75, 3.05) is 18.5 Å². The van der Waals surface area contributed by atoms with Crippen LogP contribution >= 0.6 is 12.6 Å². The molecule has 0 aliphatic carbocycles. The summed E-state index contributed by atoms with van der Waals surface area (Å²) < 4.78 is 0. The molecule has 0 saturated carbocycles. The van der Waals surface area contributed by atoms with Gasteiger partial charge in [0.1, 0.15) is 0 Å². The number of amides is 1. The topological polar surface area (TPSA) is 68.5 Å². The fourth-order valence-electron chi connectivity index (χ4n) is 2.03. The quantitative estimate of drug-likeness (QED) is 0.511. The molecule has 0 saturated heterocycles. The molecule has 0 unspecified atom stereocenters. The molecule has 2 rings (SSSR count). The van der Waals surface area contributed by atoms with E-state index in [2.05, 4.69) is 29.0 Å². The van der Waals surface area contributed by atoms with Crippen LogP contribution in [-0.2, 0) is 4.79 Å². The first kappa shape index (κ1) is 17.6. The lowest BCUT2D eigenvalue weighted by Gasteiger charge is -2.17. The highest BCUT2D eigenvalue weighted by atomic mass is 32.1. The van der Waals surface area contributed by atoms with Crippen molar-refractivity contribution in [3.05, 3.63) is 54.1 Å². The molecule has 0 heterocycles. The summed E-state index contributed by atoms with van der Waals surface area (Å²) in [4.78, 5) is 18.8. The van der Waals surface area contributed by atoms with E-state index in [0.717, 1.165) is 5.69 Å². The summed E-state index contributed by atoms with van der Waals surface area (Å²) in [6.07, 6.45) is 0. The Kier molecular flexibility index (Phi) is 5.99. The molecule has 122 valence electrons.